The third-order valence-corrected chi connectivity index (χ3v) is 6.08. The van der Waals surface area contributed by atoms with Gasteiger partial charge in [0.25, 0.3) is 5.91 Å². The Labute approximate surface area is 211 Å². The zero-order valence-electron chi connectivity index (χ0n) is 18.9. The van der Waals surface area contributed by atoms with Crippen LogP contribution in [0.25, 0.3) is 0 Å². The molecule has 1 aliphatic heterocycles. The predicted molar refractivity (Wildman–Crippen MR) is 140 cm³/mol. The van der Waals surface area contributed by atoms with E-state index in [-0.39, 0.29) is 29.8 Å². The number of nitrogen functional groups attached to an aromatic ring is 1. The second-order valence-electron chi connectivity index (χ2n) is 8.15. The lowest BCUT2D eigenvalue weighted by molar-refractivity contribution is 0.0904. The van der Waals surface area contributed by atoms with Gasteiger partial charge in [-0.2, -0.15) is 0 Å². The van der Waals surface area contributed by atoms with Gasteiger partial charge in [-0.1, -0.05) is 72.3 Å². The number of piperidine rings is 1. The highest BCUT2D eigenvalue weighted by molar-refractivity contribution is 6.33. The number of carbonyl (C=O) groups excluding carboxylic acids is 1. The molecule has 8 heteroatoms. The highest BCUT2D eigenvalue weighted by Crippen LogP contribution is 2.30. The summed E-state index contributed by atoms with van der Waals surface area (Å²) < 4.78 is 5.95. The zero-order chi connectivity index (χ0) is 22.3. The Bertz CT molecular complexity index is 1040. The monoisotopic (exact) mass is 503 g/mol. The van der Waals surface area contributed by atoms with E-state index in [0.29, 0.717) is 28.6 Å². The summed E-state index contributed by atoms with van der Waals surface area (Å²) in [4.78, 5) is 15.5. The number of anilines is 1. The SMILES string of the molecule is Cl.Nc1cc(OCc2ccccc2)c(C(=O)NC2CCN(Cc3ccccc3)CC2)cc1Cl.O. The van der Waals surface area contributed by atoms with Crippen LogP contribution in [0.1, 0.15) is 34.3 Å². The quantitative estimate of drug-likeness (QED) is 0.463. The van der Waals surface area contributed by atoms with E-state index in [2.05, 4.69) is 34.5 Å². The van der Waals surface area contributed by atoms with Crippen molar-refractivity contribution in [3.8, 4) is 5.75 Å². The molecule has 0 unspecified atom stereocenters. The van der Waals surface area contributed by atoms with Crippen molar-refractivity contribution < 1.29 is 15.0 Å². The Morgan fingerprint density at radius 1 is 1.00 bits per heavy atom. The highest BCUT2D eigenvalue weighted by atomic mass is 35.5. The molecule has 0 aromatic heterocycles. The molecule has 0 radical (unpaired) electrons. The average molecular weight is 504 g/mol. The number of hydrogen-bond donors (Lipinski definition) is 2. The number of rotatable bonds is 7. The molecular formula is C26H31Cl2N3O3. The summed E-state index contributed by atoms with van der Waals surface area (Å²) in [5, 5.41) is 3.51. The Balaban J connectivity index is 0.00000204. The maximum atomic E-state index is 13.1. The van der Waals surface area contributed by atoms with Gasteiger partial charge in [-0.15, -0.1) is 12.4 Å². The van der Waals surface area contributed by atoms with Crippen molar-refractivity contribution in [2.75, 3.05) is 18.8 Å². The molecule has 1 aliphatic rings. The van der Waals surface area contributed by atoms with E-state index in [1.807, 2.05) is 36.4 Å². The molecule has 6 nitrogen and oxygen atoms in total. The number of amides is 1. The molecule has 34 heavy (non-hydrogen) atoms. The first-order chi connectivity index (χ1) is 15.6. The van der Waals surface area contributed by atoms with Crippen LogP contribution in [-0.4, -0.2) is 35.4 Å². The number of benzene rings is 3. The predicted octanol–water partition coefficient (Wildman–Crippen LogP) is 4.49. The zero-order valence-corrected chi connectivity index (χ0v) is 20.4. The lowest BCUT2D eigenvalue weighted by Gasteiger charge is -2.32. The van der Waals surface area contributed by atoms with Crippen LogP contribution in [0, 0.1) is 0 Å². The van der Waals surface area contributed by atoms with Crippen LogP contribution in [0.4, 0.5) is 5.69 Å². The number of likely N-dealkylation sites (tertiary alicyclic amines) is 1. The summed E-state index contributed by atoms with van der Waals surface area (Å²) >= 11 is 6.22. The van der Waals surface area contributed by atoms with E-state index >= 15 is 0 Å². The fourth-order valence-electron chi connectivity index (χ4n) is 3.94. The number of ether oxygens (including phenoxy) is 1. The molecule has 0 atom stereocenters. The molecule has 0 spiro atoms. The summed E-state index contributed by atoms with van der Waals surface area (Å²) in [7, 11) is 0. The van der Waals surface area contributed by atoms with Crippen LogP contribution in [0.2, 0.25) is 5.02 Å². The van der Waals surface area contributed by atoms with Crippen LogP contribution < -0.4 is 15.8 Å². The second kappa shape index (κ2) is 13.2. The van der Waals surface area contributed by atoms with E-state index in [9.17, 15) is 4.79 Å². The van der Waals surface area contributed by atoms with E-state index in [1.165, 1.54) is 5.56 Å². The van der Waals surface area contributed by atoms with E-state index in [4.69, 9.17) is 22.1 Å². The Hall–Kier alpha value is -2.77. The number of halogens is 2. The van der Waals surface area contributed by atoms with Crippen LogP contribution in [0.3, 0.4) is 0 Å². The summed E-state index contributed by atoms with van der Waals surface area (Å²) in [6, 6.07) is 23.6. The topological polar surface area (TPSA) is 99.1 Å². The molecule has 1 saturated heterocycles. The number of nitrogens with two attached hydrogens (primary N) is 1. The van der Waals surface area contributed by atoms with E-state index < -0.39 is 0 Å². The molecule has 0 aliphatic carbocycles. The van der Waals surface area contributed by atoms with Gasteiger partial charge in [0.15, 0.2) is 0 Å². The van der Waals surface area contributed by atoms with Crippen molar-refractivity contribution in [2.45, 2.75) is 32.0 Å². The molecular weight excluding hydrogens is 473 g/mol. The largest absolute Gasteiger partial charge is 0.488 e. The number of nitrogens with one attached hydrogen (secondary N) is 1. The molecule has 182 valence electrons. The molecule has 1 amide bonds. The lowest BCUT2D eigenvalue weighted by Crippen LogP contribution is -2.44. The van der Waals surface area contributed by atoms with Gasteiger partial charge in [0.05, 0.1) is 16.3 Å². The van der Waals surface area contributed by atoms with Gasteiger partial charge in [-0.05, 0) is 30.0 Å². The van der Waals surface area contributed by atoms with Crippen LogP contribution in [-0.2, 0) is 13.2 Å². The van der Waals surface area contributed by atoms with Gasteiger partial charge in [-0.25, -0.2) is 0 Å². The smallest absolute Gasteiger partial charge is 0.255 e. The fourth-order valence-corrected chi connectivity index (χ4v) is 4.11. The van der Waals surface area contributed by atoms with Crippen molar-refractivity contribution in [3.05, 3.63) is 94.5 Å². The number of hydrogen-bond acceptors (Lipinski definition) is 4. The Morgan fingerprint density at radius 2 is 1.59 bits per heavy atom. The fraction of sp³-hybridized carbons (Fsp3) is 0.269. The van der Waals surface area contributed by atoms with Crippen molar-refractivity contribution in [1.82, 2.24) is 10.2 Å². The van der Waals surface area contributed by atoms with Crippen molar-refractivity contribution in [3.63, 3.8) is 0 Å². The normalized spacial score (nSPS) is 13.9. The molecule has 4 rings (SSSR count). The molecule has 3 aromatic carbocycles. The third-order valence-electron chi connectivity index (χ3n) is 5.75. The Kier molecular flexibility index (Phi) is 10.7. The molecule has 0 saturated carbocycles. The van der Waals surface area contributed by atoms with Crippen LogP contribution in [0.5, 0.6) is 5.75 Å². The minimum Gasteiger partial charge on any atom is -0.488 e. The first-order valence-electron chi connectivity index (χ1n) is 10.9. The van der Waals surface area contributed by atoms with Gasteiger partial charge in [0, 0.05) is 31.7 Å². The van der Waals surface area contributed by atoms with Gasteiger partial charge in [0.1, 0.15) is 12.4 Å². The number of nitrogens with zero attached hydrogens (tertiary/aromatic N) is 1. The van der Waals surface area contributed by atoms with E-state index in [0.717, 1.165) is 38.0 Å². The molecule has 1 fully saturated rings. The third kappa shape index (κ3) is 7.37. The number of carbonyl (C=O) groups is 1. The van der Waals surface area contributed by atoms with E-state index in [1.54, 1.807) is 12.1 Å². The van der Waals surface area contributed by atoms with Gasteiger partial charge in [0.2, 0.25) is 0 Å². The minimum absolute atomic E-state index is 0. The van der Waals surface area contributed by atoms with Gasteiger partial charge >= 0.3 is 0 Å². The van der Waals surface area contributed by atoms with Crippen molar-refractivity contribution >= 4 is 35.6 Å². The second-order valence-corrected chi connectivity index (χ2v) is 8.56. The molecule has 3 aromatic rings. The molecule has 5 N–H and O–H groups in total. The minimum atomic E-state index is -0.184. The highest BCUT2D eigenvalue weighted by Gasteiger charge is 2.23. The van der Waals surface area contributed by atoms with Crippen molar-refractivity contribution in [2.24, 2.45) is 0 Å². The first-order valence-corrected chi connectivity index (χ1v) is 11.3. The summed E-state index contributed by atoms with van der Waals surface area (Å²) in [5.74, 6) is 0.256. The average Bonchev–Trinajstić information content (AvgIpc) is 2.82. The lowest BCUT2D eigenvalue weighted by atomic mass is 10.0. The molecule has 1 heterocycles. The van der Waals surface area contributed by atoms with Crippen LogP contribution in [0.15, 0.2) is 72.8 Å². The maximum absolute atomic E-state index is 13.1. The summed E-state index contributed by atoms with van der Waals surface area (Å²) in [6.45, 7) is 3.17. The van der Waals surface area contributed by atoms with Crippen LogP contribution >= 0.6 is 24.0 Å². The van der Waals surface area contributed by atoms with Gasteiger partial charge in [-0.3, -0.25) is 9.69 Å². The summed E-state index contributed by atoms with van der Waals surface area (Å²) in [5.41, 5.74) is 9.09. The first kappa shape index (κ1) is 27.5. The van der Waals surface area contributed by atoms with Gasteiger partial charge < -0.3 is 21.3 Å². The standard InChI is InChI=1S/C26H28ClN3O2.ClH.H2O/c27-23-15-22(25(16-24(23)28)32-18-20-9-5-2-6-10-20)26(31)29-21-11-13-30(14-12-21)17-19-7-3-1-4-8-19;;/h1-10,15-16,21H,11-14,17-18,28H2,(H,29,31);1H;1H2. The maximum Gasteiger partial charge on any atom is 0.255 e. The molecule has 0 bridgehead atoms. The summed E-state index contributed by atoms with van der Waals surface area (Å²) in [6.07, 6.45) is 1.81. The van der Waals surface area contributed by atoms with Crippen molar-refractivity contribution in [1.29, 1.82) is 0 Å². The Morgan fingerprint density at radius 3 is 2.21 bits per heavy atom.